The number of benzene rings is 1. The number of rotatable bonds is 9. The molecule has 0 aliphatic rings. The minimum Gasteiger partial charge on any atom is -0.494 e. The van der Waals surface area contributed by atoms with Gasteiger partial charge in [-0.2, -0.15) is 5.26 Å². The summed E-state index contributed by atoms with van der Waals surface area (Å²) < 4.78 is 5.65. The van der Waals surface area contributed by atoms with Crippen LogP contribution in [-0.2, 0) is 0 Å². The van der Waals surface area contributed by atoms with Crippen LogP contribution < -0.4 is 10.1 Å². The van der Waals surface area contributed by atoms with E-state index < -0.39 is 6.04 Å². The Kier molecular flexibility index (Phi) is 7.71. The zero-order chi connectivity index (χ0) is 14.8. The highest BCUT2D eigenvalue weighted by Gasteiger charge is 2.15. The highest BCUT2D eigenvalue weighted by molar-refractivity contribution is 5.33. The second-order valence-electron chi connectivity index (χ2n) is 4.79. The fraction of sp³-hybridized carbons (Fsp3) is 0.562. The third kappa shape index (κ3) is 5.20. The van der Waals surface area contributed by atoms with Crippen molar-refractivity contribution in [3.8, 4) is 11.8 Å². The molecular weight excluding hydrogens is 252 g/mol. The summed E-state index contributed by atoms with van der Waals surface area (Å²) in [4.78, 5) is 0. The van der Waals surface area contributed by atoms with Gasteiger partial charge in [0.2, 0.25) is 0 Å². The summed E-state index contributed by atoms with van der Waals surface area (Å²) in [7, 11) is 0. The van der Waals surface area contributed by atoms with Crippen LogP contribution in [0.2, 0.25) is 0 Å². The van der Waals surface area contributed by atoms with Gasteiger partial charge in [-0.3, -0.25) is 5.32 Å². The van der Waals surface area contributed by atoms with Gasteiger partial charge in [0, 0.05) is 6.04 Å². The molecule has 0 amide bonds. The third-order valence-electron chi connectivity index (χ3n) is 3.20. The highest BCUT2D eigenvalue weighted by Crippen LogP contribution is 2.20. The number of nitrogens with one attached hydrogen (secondary N) is 1. The van der Waals surface area contributed by atoms with E-state index in [4.69, 9.17) is 4.74 Å². The first-order chi connectivity index (χ1) is 9.74. The van der Waals surface area contributed by atoms with Crippen molar-refractivity contribution in [3.63, 3.8) is 0 Å². The molecule has 4 heteroatoms. The minimum absolute atomic E-state index is 0.0291. The minimum atomic E-state index is -0.429. The topological polar surface area (TPSA) is 65.3 Å². The maximum absolute atomic E-state index is 9.29. The van der Waals surface area contributed by atoms with Gasteiger partial charge in [-0.1, -0.05) is 32.4 Å². The van der Waals surface area contributed by atoms with Crippen molar-refractivity contribution in [1.82, 2.24) is 5.32 Å². The zero-order valence-corrected chi connectivity index (χ0v) is 12.3. The van der Waals surface area contributed by atoms with Gasteiger partial charge in [0.05, 0.1) is 19.3 Å². The lowest BCUT2D eigenvalue weighted by atomic mass is 10.1. The molecule has 110 valence electrons. The summed E-state index contributed by atoms with van der Waals surface area (Å²) in [6.45, 7) is 4.82. The summed E-state index contributed by atoms with van der Waals surface area (Å²) in [5.41, 5.74) is 0.869. The molecule has 0 radical (unpaired) electrons. The van der Waals surface area contributed by atoms with Crippen molar-refractivity contribution in [2.24, 2.45) is 0 Å². The second-order valence-corrected chi connectivity index (χ2v) is 4.79. The monoisotopic (exact) mass is 276 g/mol. The molecule has 0 fully saturated rings. The van der Waals surface area contributed by atoms with Crippen LogP contribution in [0.4, 0.5) is 0 Å². The summed E-state index contributed by atoms with van der Waals surface area (Å²) in [6, 6.07) is 9.32. The molecule has 0 aliphatic heterocycles. The molecule has 1 aromatic rings. The third-order valence-corrected chi connectivity index (χ3v) is 3.20. The summed E-state index contributed by atoms with van der Waals surface area (Å²) >= 11 is 0. The maximum atomic E-state index is 9.29. The van der Waals surface area contributed by atoms with Gasteiger partial charge < -0.3 is 9.84 Å². The predicted octanol–water partition coefficient (Wildman–Crippen LogP) is 2.79. The standard InChI is InChI=1S/C16H24N2O2/c1-3-5-9-20-15-8-6-7-13(10-15)16(11-17)18-14(4-2)12-19/h6-8,10,14,16,18-19H,3-5,9,12H2,1-2H3. The molecule has 0 saturated carbocycles. The van der Waals surface area contributed by atoms with Gasteiger partial charge >= 0.3 is 0 Å². The van der Waals surface area contributed by atoms with Crippen molar-refractivity contribution in [1.29, 1.82) is 5.26 Å². The van der Waals surface area contributed by atoms with Crippen molar-refractivity contribution < 1.29 is 9.84 Å². The molecule has 2 atom stereocenters. The largest absolute Gasteiger partial charge is 0.494 e. The average Bonchev–Trinajstić information content (AvgIpc) is 2.49. The zero-order valence-electron chi connectivity index (χ0n) is 12.3. The van der Waals surface area contributed by atoms with E-state index in [1.807, 2.05) is 31.2 Å². The normalized spacial score (nSPS) is 13.5. The van der Waals surface area contributed by atoms with Crippen LogP contribution in [0.3, 0.4) is 0 Å². The van der Waals surface area contributed by atoms with Crippen LogP contribution in [0.15, 0.2) is 24.3 Å². The fourth-order valence-corrected chi connectivity index (χ4v) is 1.86. The smallest absolute Gasteiger partial charge is 0.121 e. The van der Waals surface area contributed by atoms with E-state index in [0.29, 0.717) is 6.61 Å². The number of unbranched alkanes of at least 4 members (excludes halogenated alkanes) is 1. The molecule has 0 heterocycles. The van der Waals surface area contributed by atoms with Gasteiger partial charge in [0.15, 0.2) is 0 Å². The van der Waals surface area contributed by atoms with Crippen LogP contribution in [0, 0.1) is 11.3 Å². The van der Waals surface area contributed by atoms with E-state index in [1.165, 1.54) is 0 Å². The number of nitriles is 1. The predicted molar refractivity (Wildman–Crippen MR) is 79.5 cm³/mol. The number of aliphatic hydroxyl groups excluding tert-OH is 1. The first-order valence-corrected chi connectivity index (χ1v) is 7.24. The second kappa shape index (κ2) is 9.35. The fourth-order valence-electron chi connectivity index (χ4n) is 1.86. The molecule has 0 aliphatic carbocycles. The number of hydrogen-bond donors (Lipinski definition) is 2. The molecule has 0 spiro atoms. The van der Waals surface area contributed by atoms with Crippen LogP contribution in [0.1, 0.15) is 44.7 Å². The van der Waals surface area contributed by atoms with Gasteiger partial charge in [-0.05, 0) is 30.5 Å². The Morgan fingerprint density at radius 3 is 2.80 bits per heavy atom. The quantitative estimate of drug-likeness (QED) is 0.681. The Morgan fingerprint density at radius 2 is 2.20 bits per heavy atom. The molecular formula is C16H24N2O2. The van der Waals surface area contributed by atoms with Gasteiger partial charge in [0.1, 0.15) is 11.8 Å². The Hall–Kier alpha value is -1.57. The average molecular weight is 276 g/mol. The maximum Gasteiger partial charge on any atom is 0.121 e. The Labute approximate surface area is 121 Å². The first kappa shape index (κ1) is 16.5. The van der Waals surface area contributed by atoms with Gasteiger partial charge in [0.25, 0.3) is 0 Å². The SMILES string of the molecule is CCCCOc1cccc(C(C#N)NC(CC)CO)c1. The molecule has 2 unspecified atom stereocenters. The molecule has 1 aromatic carbocycles. The lowest BCUT2D eigenvalue weighted by Crippen LogP contribution is -2.34. The first-order valence-electron chi connectivity index (χ1n) is 7.24. The molecule has 0 aromatic heterocycles. The Morgan fingerprint density at radius 1 is 1.40 bits per heavy atom. The molecule has 0 saturated heterocycles. The summed E-state index contributed by atoms with van der Waals surface area (Å²) in [6.07, 6.45) is 2.89. The number of nitrogens with zero attached hydrogens (tertiary/aromatic N) is 1. The number of ether oxygens (including phenoxy) is 1. The van der Waals surface area contributed by atoms with Crippen molar-refractivity contribution in [2.45, 2.75) is 45.2 Å². The molecule has 4 nitrogen and oxygen atoms in total. The van der Waals surface area contributed by atoms with E-state index in [9.17, 15) is 10.4 Å². The molecule has 2 N–H and O–H groups in total. The number of aliphatic hydroxyl groups is 1. The molecule has 1 rings (SSSR count). The van der Waals surface area contributed by atoms with Crippen LogP contribution in [0.5, 0.6) is 5.75 Å². The molecule has 20 heavy (non-hydrogen) atoms. The van der Waals surface area contributed by atoms with E-state index in [2.05, 4.69) is 18.3 Å². The van der Waals surface area contributed by atoms with Crippen LogP contribution >= 0.6 is 0 Å². The van der Waals surface area contributed by atoms with Crippen molar-refractivity contribution >= 4 is 0 Å². The van der Waals surface area contributed by atoms with Gasteiger partial charge in [-0.15, -0.1) is 0 Å². The van der Waals surface area contributed by atoms with Crippen molar-refractivity contribution in [2.75, 3.05) is 13.2 Å². The van der Waals surface area contributed by atoms with Crippen molar-refractivity contribution in [3.05, 3.63) is 29.8 Å². The lowest BCUT2D eigenvalue weighted by molar-refractivity contribution is 0.234. The Balaban J connectivity index is 2.72. The van der Waals surface area contributed by atoms with E-state index in [0.717, 1.165) is 30.6 Å². The number of hydrogen-bond acceptors (Lipinski definition) is 4. The summed E-state index contributed by atoms with van der Waals surface area (Å²) in [5, 5.41) is 21.7. The van der Waals surface area contributed by atoms with E-state index >= 15 is 0 Å². The lowest BCUT2D eigenvalue weighted by Gasteiger charge is -2.19. The highest BCUT2D eigenvalue weighted by atomic mass is 16.5. The van der Waals surface area contributed by atoms with E-state index in [1.54, 1.807) is 0 Å². The molecule has 0 bridgehead atoms. The Bertz CT molecular complexity index is 425. The van der Waals surface area contributed by atoms with Gasteiger partial charge in [-0.25, -0.2) is 0 Å². The summed E-state index contributed by atoms with van der Waals surface area (Å²) in [5.74, 6) is 0.787. The van der Waals surface area contributed by atoms with Crippen LogP contribution in [0.25, 0.3) is 0 Å². The van der Waals surface area contributed by atoms with Crippen LogP contribution in [-0.4, -0.2) is 24.4 Å². The van der Waals surface area contributed by atoms with E-state index in [-0.39, 0.29) is 12.6 Å².